The molecular formula is C18H24N2O3S. The Kier molecular flexibility index (Phi) is 5.66. The van der Waals surface area contributed by atoms with Crippen LogP contribution in [0.4, 0.5) is 4.79 Å². The van der Waals surface area contributed by atoms with Crippen LogP contribution in [0.1, 0.15) is 25.3 Å². The van der Waals surface area contributed by atoms with Gasteiger partial charge in [-0.1, -0.05) is 30.3 Å². The van der Waals surface area contributed by atoms with Crippen molar-refractivity contribution in [1.29, 1.82) is 0 Å². The maximum atomic E-state index is 12.8. The van der Waals surface area contributed by atoms with Gasteiger partial charge in [0.25, 0.3) is 0 Å². The summed E-state index contributed by atoms with van der Waals surface area (Å²) in [6.45, 7) is 3.66. The summed E-state index contributed by atoms with van der Waals surface area (Å²) in [6, 6.07) is 9.88. The highest BCUT2D eigenvalue weighted by Gasteiger charge is 2.46. The van der Waals surface area contributed by atoms with Gasteiger partial charge in [0.2, 0.25) is 0 Å². The van der Waals surface area contributed by atoms with E-state index in [4.69, 9.17) is 4.74 Å². The molecule has 24 heavy (non-hydrogen) atoms. The van der Waals surface area contributed by atoms with Crippen molar-refractivity contribution >= 4 is 23.8 Å². The standard InChI is InChI=1S/C18H24N2O3S/c1-2-23-17(21)15-13-24-16-10-12-19(18(22)20(15)16)11-6-9-14-7-4-3-5-8-14/h3-5,7-8,15-16H,2,6,9-13H2,1H3/t15-,16?/m0/s1. The average Bonchev–Trinajstić information content (AvgIpc) is 3.03. The normalized spacial score (nSPS) is 23.3. The van der Waals surface area contributed by atoms with Crippen LogP contribution >= 0.6 is 11.8 Å². The molecule has 2 aliphatic rings. The van der Waals surface area contributed by atoms with Crippen molar-refractivity contribution in [3.05, 3.63) is 35.9 Å². The zero-order valence-electron chi connectivity index (χ0n) is 14.0. The molecule has 130 valence electrons. The molecule has 0 aromatic heterocycles. The van der Waals surface area contributed by atoms with Crippen molar-refractivity contribution in [1.82, 2.24) is 9.80 Å². The number of fused-ring (bicyclic) bond motifs is 1. The fourth-order valence-electron chi connectivity index (χ4n) is 3.31. The van der Waals surface area contributed by atoms with Crippen LogP contribution in [0.25, 0.3) is 0 Å². The third-order valence-electron chi connectivity index (χ3n) is 4.52. The lowest BCUT2D eigenvalue weighted by Gasteiger charge is -2.39. The van der Waals surface area contributed by atoms with E-state index >= 15 is 0 Å². The Morgan fingerprint density at radius 3 is 2.88 bits per heavy atom. The zero-order valence-corrected chi connectivity index (χ0v) is 14.8. The maximum absolute atomic E-state index is 12.8. The molecule has 0 aliphatic carbocycles. The van der Waals surface area contributed by atoms with Gasteiger partial charge in [-0.25, -0.2) is 9.59 Å². The predicted molar refractivity (Wildman–Crippen MR) is 94.9 cm³/mol. The zero-order chi connectivity index (χ0) is 16.9. The number of esters is 1. The largest absolute Gasteiger partial charge is 0.464 e. The van der Waals surface area contributed by atoms with E-state index < -0.39 is 6.04 Å². The third kappa shape index (κ3) is 3.69. The summed E-state index contributed by atoms with van der Waals surface area (Å²) in [7, 11) is 0. The SMILES string of the molecule is CCOC(=O)[C@@H]1CSC2CCN(CCCc3ccccc3)C(=O)N21. The van der Waals surface area contributed by atoms with Gasteiger partial charge in [0, 0.05) is 18.8 Å². The summed E-state index contributed by atoms with van der Waals surface area (Å²) < 4.78 is 5.13. The number of hydrogen-bond acceptors (Lipinski definition) is 4. The molecule has 2 amide bonds. The second kappa shape index (κ2) is 7.92. The summed E-state index contributed by atoms with van der Waals surface area (Å²) in [5.41, 5.74) is 1.29. The Morgan fingerprint density at radius 1 is 1.33 bits per heavy atom. The lowest BCUT2D eigenvalue weighted by atomic mass is 10.1. The molecule has 1 aromatic carbocycles. The Balaban J connectivity index is 1.56. The van der Waals surface area contributed by atoms with Crippen molar-refractivity contribution in [2.75, 3.05) is 25.4 Å². The summed E-state index contributed by atoms with van der Waals surface area (Å²) in [5.74, 6) is 0.375. The van der Waals surface area contributed by atoms with Gasteiger partial charge in [0.1, 0.15) is 6.04 Å². The van der Waals surface area contributed by atoms with Gasteiger partial charge in [0.15, 0.2) is 0 Å². The number of ether oxygens (including phenoxy) is 1. The quantitative estimate of drug-likeness (QED) is 0.742. The number of carbonyl (C=O) groups is 2. The van der Waals surface area contributed by atoms with E-state index in [9.17, 15) is 9.59 Å². The molecule has 2 fully saturated rings. The van der Waals surface area contributed by atoms with E-state index in [0.29, 0.717) is 12.4 Å². The van der Waals surface area contributed by atoms with Crippen molar-refractivity contribution in [3.63, 3.8) is 0 Å². The summed E-state index contributed by atoms with van der Waals surface area (Å²) in [5, 5.41) is 0.122. The number of nitrogens with zero attached hydrogens (tertiary/aromatic N) is 2. The van der Waals surface area contributed by atoms with E-state index in [1.807, 2.05) is 23.1 Å². The topological polar surface area (TPSA) is 49.9 Å². The van der Waals surface area contributed by atoms with Crippen LogP contribution in [0.2, 0.25) is 0 Å². The lowest BCUT2D eigenvalue weighted by Crippen LogP contribution is -2.56. The summed E-state index contributed by atoms with van der Waals surface area (Å²) in [4.78, 5) is 28.5. The number of carbonyl (C=O) groups excluding carboxylic acids is 2. The van der Waals surface area contributed by atoms with E-state index in [1.165, 1.54) is 5.56 Å². The maximum Gasteiger partial charge on any atom is 0.329 e. The smallest absolute Gasteiger partial charge is 0.329 e. The average molecular weight is 348 g/mol. The second-order valence-electron chi connectivity index (χ2n) is 6.11. The lowest BCUT2D eigenvalue weighted by molar-refractivity contribution is -0.147. The van der Waals surface area contributed by atoms with Crippen LogP contribution < -0.4 is 0 Å². The molecule has 0 radical (unpaired) electrons. The van der Waals surface area contributed by atoms with Gasteiger partial charge >= 0.3 is 12.0 Å². The first kappa shape index (κ1) is 17.1. The number of hydrogen-bond donors (Lipinski definition) is 0. The van der Waals surface area contributed by atoms with Gasteiger partial charge < -0.3 is 9.64 Å². The van der Waals surface area contributed by atoms with Crippen LogP contribution in [0.3, 0.4) is 0 Å². The van der Waals surface area contributed by atoms with Crippen LogP contribution in [0.5, 0.6) is 0 Å². The summed E-state index contributed by atoms with van der Waals surface area (Å²) >= 11 is 1.69. The minimum Gasteiger partial charge on any atom is -0.464 e. The van der Waals surface area contributed by atoms with Crippen molar-refractivity contribution in [2.45, 2.75) is 37.6 Å². The second-order valence-corrected chi connectivity index (χ2v) is 7.32. The number of rotatable bonds is 6. The summed E-state index contributed by atoms with van der Waals surface area (Å²) in [6.07, 6.45) is 2.81. The Bertz CT molecular complexity index is 581. The number of benzene rings is 1. The molecule has 2 saturated heterocycles. The first-order valence-electron chi connectivity index (χ1n) is 8.60. The monoisotopic (exact) mass is 348 g/mol. The van der Waals surface area contributed by atoms with Crippen molar-refractivity contribution in [2.24, 2.45) is 0 Å². The number of amides is 2. The molecule has 6 heteroatoms. The highest BCUT2D eigenvalue weighted by atomic mass is 32.2. The molecule has 0 N–H and O–H groups in total. The molecule has 0 spiro atoms. The molecule has 0 bridgehead atoms. The Labute approximate surface area is 147 Å². The fraction of sp³-hybridized carbons (Fsp3) is 0.556. The predicted octanol–water partition coefficient (Wildman–Crippen LogP) is 2.75. The highest BCUT2D eigenvalue weighted by Crippen LogP contribution is 2.35. The van der Waals surface area contributed by atoms with Crippen molar-refractivity contribution < 1.29 is 14.3 Å². The van der Waals surface area contributed by atoms with Crippen molar-refractivity contribution in [3.8, 4) is 0 Å². The molecule has 2 aliphatic heterocycles. The van der Waals surface area contributed by atoms with Gasteiger partial charge in [-0.2, -0.15) is 0 Å². The molecule has 1 unspecified atom stereocenters. The third-order valence-corrected chi connectivity index (χ3v) is 5.88. The molecule has 3 rings (SSSR count). The molecule has 2 heterocycles. The molecular weight excluding hydrogens is 324 g/mol. The van der Waals surface area contributed by atoms with E-state index in [-0.39, 0.29) is 17.4 Å². The van der Waals surface area contributed by atoms with Crippen LogP contribution in [0.15, 0.2) is 30.3 Å². The van der Waals surface area contributed by atoms with Gasteiger partial charge in [-0.15, -0.1) is 11.8 Å². The Hall–Kier alpha value is -1.69. The molecule has 1 aromatic rings. The number of urea groups is 1. The van der Waals surface area contributed by atoms with Gasteiger partial charge in [0.05, 0.1) is 12.0 Å². The van der Waals surface area contributed by atoms with Crippen LogP contribution in [-0.4, -0.2) is 58.7 Å². The van der Waals surface area contributed by atoms with E-state index in [1.54, 1.807) is 23.6 Å². The van der Waals surface area contributed by atoms with E-state index in [0.717, 1.165) is 32.4 Å². The minimum atomic E-state index is -0.427. The fourth-order valence-corrected chi connectivity index (χ4v) is 4.68. The number of aryl methyl sites for hydroxylation is 1. The highest BCUT2D eigenvalue weighted by molar-refractivity contribution is 8.00. The molecule has 2 atom stereocenters. The minimum absolute atomic E-state index is 0.0117. The van der Waals surface area contributed by atoms with Crippen LogP contribution in [0, 0.1) is 0 Å². The first-order chi connectivity index (χ1) is 11.7. The first-order valence-corrected chi connectivity index (χ1v) is 9.65. The number of thioether (sulfide) groups is 1. The van der Waals surface area contributed by atoms with Crippen LogP contribution in [-0.2, 0) is 16.0 Å². The van der Waals surface area contributed by atoms with Gasteiger partial charge in [-0.05, 0) is 31.7 Å². The molecule has 0 saturated carbocycles. The Morgan fingerprint density at radius 2 is 2.12 bits per heavy atom. The van der Waals surface area contributed by atoms with Gasteiger partial charge in [-0.3, -0.25) is 4.90 Å². The molecule has 5 nitrogen and oxygen atoms in total. The van der Waals surface area contributed by atoms with E-state index in [2.05, 4.69) is 12.1 Å².